The second kappa shape index (κ2) is 4.92. The van der Waals surface area contributed by atoms with E-state index in [0.29, 0.717) is 13.0 Å². The average Bonchev–Trinajstić information content (AvgIpc) is 2.39. The minimum atomic E-state index is -0.728. The zero-order valence-electron chi connectivity index (χ0n) is 7.86. The Morgan fingerprint density at radius 1 is 1.79 bits per heavy atom. The Hall–Kier alpha value is -0.370. The van der Waals surface area contributed by atoms with Crippen LogP contribution in [0.3, 0.4) is 0 Å². The van der Waals surface area contributed by atoms with E-state index in [1.54, 1.807) is 7.05 Å². The number of amides is 2. The highest BCUT2D eigenvalue weighted by atomic mass is 127. The molecule has 0 aromatic rings. The lowest BCUT2D eigenvalue weighted by Crippen LogP contribution is -2.36. The van der Waals surface area contributed by atoms with Crippen molar-refractivity contribution in [2.45, 2.75) is 23.0 Å². The molecule has 2 amide bonds. The molecule has 0 aliphatic carbocycles. The number of hydrogen-bond donors (Lipinski definition) is 2. The molecule has 0 radical (unpaired) electrons. The molecule has 5 nitrogen and oxygen atoms in total. The molecular weight excluding hydrogens is 299 g/mol. The number of alkyl halides is 1. The van der Waals surface area contributed by atoms with Crippen LogP contribution in [0.15, 0.2) is 0 Å². The first kappa shape index (κ1) is 11.7. The molecule has 0 bridgehead atoms. The first-order valence-corrected chi connectivity index (χ1v) is 5.64. The van der Waals surface area contributed by atoms with Crippen molar-refractivity contribution < 1.29 is 14.7 Å². The first-order valence-electron chi connectivity index (χ1n) is 4.39. The maximum atomic E-state index is 11.4. The van der Waals surface area contributed by atoms with Crippen molar-refractivity contribution in [1.29, 1.82) is 0 Å². The lowest BCUT2D eigenvalue weighted by molar-refractivity contribution is -0.133. The summed E-state index contributed by atoms with van der Waals surface area (Å²) in [7, 11) is 1.55. The van der Waals surface area contributed by atoms with E-state index in [1.807, 2.05) is 22.6 Å². The van der Waals surface area contributed by atoms with Crippen LogP contribution < -0.4 is 5.32 Å². The smallest absolute Gasteiger partial charge is 0.237 e. The van der Waals surface area contributed by atoms with E-state index in [2.05, 4.69) is 5.32 Å². The van der Waals surface area contributed by atoms with Crippen molar-refractivity contribution in [3.63, 3.8) is 0 Å². The number of aliphatic hydroxyl groups excluding tert-OH is 1. The zero-order chi connectivity index (χ0) is 10.7. The molecule has 0 spiro atoms. The quantitative estimate of drug-likeness (QED) is 0.544. The van der Waals surface area contributed by atoms with E-state index in [1.165, 1.54) is 4.90 Å². The Labute approximate surface area is 96.0 Å². The highest BCUT2D eigenvalue weighted by Crippen LogP contribution is 2.23. The zero-order valence-corrected chi connectivity index (χ0v) is 10.0. The maximum Gasteiger partial charge on any atom is 0.237 e. The van der Waals surface area contributed by atoms with Crippen LogP contribution >= 0.6 is 22.6 Å². The largest absolute Gasteiger partial charge is 0.373 e. The van der Waals surface area contributed by atoms with Crippen LogP contribution in [0.5, 0.6) is 0 Å². The Bertz CT molecular complexity index is 247. The van der Waals surface area contributed by atoms with Crippen molar-refractivity contribution in [3.05, 3.63) is 0 Å². The SMILES string of the molecule is CNC(=O)CCN1C(=O)C(I)CC1O. The molecule has 2 unspecified atom stereocenters. The molecule has 1 heterocycles. The van der Waals surface area contributed by atoms with Crippen molar-refractivity contribution in [2.24, 2.45) is 0 Å². The fraction of sp³-hybridized carbons (Fsp3) is 0.750. The van der Waals surface area contributed by atoms with Gasteiger partial charge in [-0.05, 0) is 0 Å². The molecule has 2 N–H and O–H groups in total. The minimum Gasteiger partial charge on any atom is -0.373 e. The summed E-state index contributed by atoms with van der Waals surface area (Å²) < 4.78 is -0.160. The monoisotopic (exact) mass is 312 g/mol. The summed E-state index contributed by atoms with van der Waals surface area (Å²) >= 11 is 2.00. The van der Waals surface area contributed by atoms with E-state index in [9.17, 15) is 14.7 Å². The van der Waals surface area contributed by atoms with Crippen molar-refractivity contribution in [3.8, 4) is 0 Å². The molecule has 0 aromatic carbocycles. The molecular formula is C8H13IN2O3. The summed E-state index contributed by atoms with van der Waals surface area (Å²) in [6.07, 6.45) is -0.0375. The standard InChI is InChI=1S/C8H13IN2O3/c1-10-6(12)2-3-11-7(13)4-5(9)8(11)14/h5,7,13H,2-4H2,1H3,(H,10,12). The van der Waals surface area contributed by atoms with Crippen molar-refractivity contribution >= 4 is 34.4 Å². The normalized spacial score (nSPS) is 26.8. The molecule has 14 heavy (non-hydrogen) atoms. The number of nitrogens with one attached hydrogen (secondary N) is 1. The van der Waals surface area contributed by atoms with Gasteiger partial charge in [0.1, 0.15) is 6.23 Å². The third kappa shape index (κ3) is 2.57. The second-order valence-corrected chi connectivity index (χ2v) is 4.64. The Balaban J connectivity index is 2.44. The van der Waals surface area contributed by atoms with Crippen LogP contribution in [0, 0.1) is 0 Å². The van der Waals surface area contributed by atoms with E-state index in [0.717, 1.165) is 0 Å². The molecule has 1 fully saturated rings. The summed E-state index contributed by atoms with van der Waals surface area (Å²) in [5.41, 5.74) is 0. The molecule has 1 rings (SSSR count). The number of likely N-dealkylation sites (tertiary alicyclic amines) is 1. The van der Waals surface area contributed by atoms with E-state index in [-0.39, 0.29) is 22.2 Å². The number of halogens is 1. The lowest BCUT2D eigenvalue weighted by atomic mass is 10.3. The fourth-order valence-corrected chi connectivity index (χ4v) is 2.16. The van der Waals surface area contributed by atoms with Gasteiger partial charge in [-0.1, -0.05) is 22.6 Å². The third-order valence-corrected chi connectivity index (χ3v) is 3.23. The molecule has 1 aliphatic rings. The topological polar surface area (TPSA) is 69.6 Å². The molecule has 80 valence electrons. The van der Waals surface area contributed by atoms with Gasteiger partial charge in [0.25, 0.3) is 0 Å². The first-order chi connectivity index (χ1) is 6.56. The number of aliphatic hydroxyl groups is 1. The predicted octanol–water partition coefficient (Wildman–Crippen LogP) is -0.523. The number of nitrogens with zero attached hydrogens (tertiary/aromatic N) is 1. The van der Waals surface area contributed by atoms with Gasteiger partial charge in [0, 0.05) is 26.4 Å². The summed E-state index contributed by atoms with van der Waals surface area (Å²) in [6, 6.07) is 0. The van der Waals surface area contributed by atoms with Crippen LogP contribution in [-0.4, -0.2) is 45.6 Å². The van der Waals surface area contributed by atoms with E-state index >= 15 is 0 Å². The predicted molar refractivity (Wildman–Crippen MR) is 58.8 cm³/mol. The van der Waals surface area contributed by atoms with Crippen LogP contribution in [0.1, 0.15) is 12.8 Å². The summed E-state index contributed by atoms with van der Waals surface area (Å²) in [5, 5.41) is 12.0. The Morgan fingerprint density at radius 3 is 2.86 bits per heavy atom. The number of rotatable bonds is 3. The molecule has 6 heteroatoms. The minimum absolute atomic E-state index is 0.0815. The van der Waals surface area contributed by atoms with Crippen LogP contribution in [0.2, 0.25) is 0 Å². The number of hydrogen-bond acceptors (Lipinski definition) is 3. The molecule has 0 saturated carbocycles. The average molecular weight is 312 g/mol. The Kier molecular flexibility index (Phi) is 4.11. The van der Waals surface area contributed by atoms with Gasteiger partial charge in [-0.3, -0.25) is 9.59 Å². The van der Waals surface area contributed by atoms with Crippen molar-refractivity contribution in [2.75, 3.05) is 13.6 Å². The van der Waals surface area contributed by atoms with Gasteiger partial charge in [-0.2, -0.15) is 0 Å². The van der Waals surface area contributed by atoms with Gasteiger partial charge >= 0.3 is 0 Å². The third-order valence-electron chi connectivity index (χ3n) is 2.19. The van der Waals surface area contributed by atoms with Gasteiger partial charge in [0.05, 0.1) is 3.92 Å². The van der Waals surface area contributed by atoms with Gasteiger partial charge in [-0.15, -0.1) is 0 Å². The van der Waals surface area contributed by atoms with Gasteiger partial charge in [0.2, 0.25) is 11.8 Å². The molecule has 1 saturated heterocycles. The van der Waals surface area contributed by atoms with Crippen LogP contribution in [0.25, 0.3) is 0 Å². The Morgan fingerprint density at radius 2 is 2.43 bits per heavy atom. The van der Waals surface area contributed by atoms with Crippen LogP contribution in [0.4, 0.5) is 0 Å². The highest BCUT2D eigenvalue weighted by molar-refractivity contribution is 14.1. The summed E-state index contributed by atoms with van der Waals surface area (Å²) in [4.78, 5) is 23.7. The lowest BCUT2D eigenvalue weighted by Gasteiger charge is -2.19. The maximum absolute atomic E-state index is 11.4. The van der Waals surface area contributed by atoms with E-state index in [4.69, 9.17) is 0 Å². The summed E-state index contributed by atoms with van der Waals surface area (Å²) in [5.74, 6) is -0.205. The summed E-state index contributed by atoms with van der Waals surface area (Å²) in [6.45, 7) is 0.291. The van der Waals surface area contributed by atoms with Crippen LogP contribution in [-0.2, 0) is 9.59 Å². The molecule has 0 aromatic heterocycles. The van der Waals surface area contributed by atoms with Gasteiger partial charge < -0.3 is 15.3 Å². The second-order valence-electron chi connectivity index (χ2n) is 3.14. The fourth-order valence-electron chi connectivity index (χ4n) is 1.35. The molecule has 2 atom stereocenters. The molecule has 1 aliphatic heterocycles. The highest BCUT2D eigenvalue weighted by Gasteiger charge is 2.36. The van der Waals surface area contributed by atoms with Crippen molar-refractivity contribution in [1.82, 2.24) is 10.2 Å². The number of carbonyl (C=O) groups excluding carboxylic acids is 2. The van der Waals surface area contributed by atoms with Gasteiger partial charge in [0.15, 0.2) is 0 Å². The van der Waals surface area contributed by atoms with Gasteiger partial charge in [-0.25, -0.2) is 0 Å². The van der Waals surface area contributed by atoms with E-state index < -0.39 is 6.23 Å². The number of carbonyl (C=O) groups is 2.